The van der Waals surface area contributed by atoms with E-state index in [0.29, 0.717) is 11.8 Å². The number of ether oxygens (including phenoxy) is 1. The van der Waals surface area contributed by atoms with Crippen molar-refractivity contribution in [3.05, 3.63) is 30.3 Å². The zero-order valence-electron chi connectivity index (χ0n) is 9.65. The van der Waals surface area contributed by atoms with Crippen molar-refractivity contribution < 1.29 is 4.74 Å². The van der Waals surface area contributed by atoms with Crippen LogP contribution < -0.4 is 10.5 Å². The molecule has 0 spiro atoms. The zero-order valence-corrected chi connectivity index (χ0v) is 9.65. The smallest absolute Gasteiger partial charge is 0.119 e. The summed E-state index contributed by atoms with van der Waals surface area (Å²) in [6.07, 6.45) is 1.03. The van der Waals surface area contributed by atoms with E-state index in [4.69, 9.17) is 10.5 Å². The van der Waals surface area contributed by atoms with Gasteiger partial charge in [-0.05, 0) is 36.9 Å². The molecule has 0 heterocycles. The molecule has 0 aliphatic rings. The molecule has 1 aromatic carbocycles. The summed E-state index contributed by atoms with van der Waals surface area (Å²) in [7, 11) is 0. The first kappa shape index (κ1) is 12.1. The molecule has 84 valence electrons. The number of para-hydroxylation sites is 1. The maximum atomic E-state index is 5.70. The van der Waals surface area contributed by atoms with Crippen LogP contribution in [0.15, 0.2) is 30.3 Å². The Bertz CT molecular complexity index is 258. The summed E-state index contributed by atoms with van der Waals surface area (Å²) in [5, 5.41) is 0. The largest absolute Gasteiger partial charge is 0.494 e. The highest BCUT2D eigenvalue weighted by atomic mass is 16.5. The summed E-state index contributed by atoms with van der Waals surface area (Å²) < 4.78 is 5.63. The highest BCUT2D eigenvalue weighted by Gasteiger charge is 2.10. The molecule has 15 heavy (non-hydrogen) atoms. The normalized spacial score (nSPS) is 12.8. The van der Waals surface area contributed by atoms with Crippen LogP contribution >= 0.6 is 0 Å². The Morgan fingerprint density at radius 3 is 2.40 bits per heavy atom. The number of hydrogen-bond acceptors (Lipinski definition) is 2. The van der Waals surface area contributed by atoms with Crippen molar-refractivity contribution in [2.45, 2.75) is 20.3 Å². The average Bonchev–Trinajstić information content (AvgIpc) is 2.25. The standard InChI is InChI=1S/C13H21NO/c1-11(2)12(10-14)8-9-15-13-6-4-3-5-7-13/h3-7,11-12H,8-10,14H2,1-2H3. The third-order valence-corrected chi connectivity index (χ3v) is 2.75. The monoisotopic (exact) mass is 207 g/mol. The first-order chi connectivity index (χ1) is 7.24. The van der Waals surface area contributed by atoms with Gasteiger partial charge in [0.25, 0.3) is 0 Å². The van der Waals surface area contributed by atoms with Crippen molar-refractivity contribution in [1.82, 2.24) is 0 Å². The Balaban J connectivity index is 2.27. The number of benzene rings is 1. The van der Waals surface area contributed by atoms with E-state index in [0.717, 1.165) is 25.3 Å². The van der Waals surface area contributed by atoms with Gasteiger partial charge in [0, 0.05) is 0 Å². The Labute approximate surface area is 92.4 Å². The lowest BCUT2D eigenvalue weighted by Gasteiger charge is -2.18. The summed E-state index contributed by atoms with van der Waals surface area (Å²) in [5.41, 5.74) is 5.70. The first-order valence-corrected chi connectivity index (χ1v) is 5.62. The summed E-state index contributed by atoms with van der Waals surface area (Å²) in [5.74, 6) is 2.14. The molecule has 0 saturated carbocycles. The van der Waals surface area contributed by atoms with Gasteiger partial charge >= 0.3 is 0 Å². The molecule has 2 nitrogen and oxygen atoms in total. The van der Waals surface area contributed by atoms with Crippen LogP contribution in [0, 0.1) is 11.8 Å². The Hall–Kier alpha value is -1.02. The predicted molar refractivity (Wildman–Crippen MR) is 63.9 cm³/mol. The second-order valence-corrected chi connectivity index (χ2v) is 4.19. The van der Waals surface area contributed by atoms with Gasteiger partial charge in [-0.15, -0.1) is 0 Å². The van der Waals surface area contributed by atoms with Gasteiger partial charge in [-0.3, -0.25) is 0 Å². The van der Waals surface area contributed by atoms with Crippen molar-refractivity contribution in [3.63, 3.8) is 0 Å². The topological polar surface area (TPSA) is 35.2 Å². The van der Waals surface area contributed by atoms with Gasteiger partial charge in [-0.25, -0.2) is 0 Å². The van der Waals surface area contributed by atoms with Crippen molar-refractivity contribution in [1.29, 1.82) is 0 Å². The molecule has 1 aromatic rings. The molecule has 0 amide bonds. The van der Waals surface area contributed by atoms with Crippen molar-refractivity contribution in [2.24, 2.45) is 17.6 Å². The SMILES string of the molecule is CC(C)C(CN)CCOc1ccccc1. The quantitative estimate of drug-likeness (QED) is 0.778. The molecule has 2 heteroatoms. The molecule has 0 aromatic heterocycles. The van der Waals surface area contributed by atoms with Crippen molar-refractivity contribution >= 4 is 0 Å². The fourth-order valence-electron chi connectivity index (χ4n) is 1.57. The lowest BCUT2D eigenvalue weighted by molar-refractivity contribution is 0.252. The Morgan fingerprint density at radius 2 is 1.87 bits per heavy atom. The van der Waals surface area contributed by atoms with E-state index < -0.39 is 0 Å². The lowest BCUT2D eigenvalue weighted by atomic mass is 9.93. The van der Waals surface area contributed by atoms with Crippen molar-refractivity contribution in [2.75, 3.05) is 13.2 Å². The molecule has 1 rings (SSSR count). The predicted octanol–water partition coefficient (Wildman–Crippen LogP) is 2.69. The van der Waals surface area contributed by atoms with E-state index in [1.54, 1.807) is 0 Å². The van der Waals surface area contributed by atoms with E-state index in [9.17, 15) is 0 Å². The Kier molecular flexibility index (Phi) is 5.19. The minimum atomic E-state index is 0.564. The highest BCUT2D eigenvalue weighted by Crippen LogP contribution is 2.15. The molecular formula is C13H21NO. The second kappa shape index (κ2) is 6.46. The van der Waals surface area contributed by atoms with Crippen LogP contribution in [0.25, 0.3) is 0 Å². The van der Waals surface area contributed by atoms with E-state index in [-0.39, 0.29) is 0 Å². The fourth-order valence-corrected chi connectivity index (χ4v) is 1.57. The minimum Gasteiger partial charge on any atom is -0.494 e. The van der Waals surface area contributed by atoms with Crippen molar-refractivity contribution in [3.8, 4) is 5.75 Å². The number of rotatable bonds is 6. The number of nitrogens with two attached hydrogens (primary N) is 1. The molecular weight excluding hydrogens is 186 g/mol. The van der Waals surface area contributed by atoms with Gasteiger partial charge < -0.3 is 10.5 Å². The molecule has 2 N–H and O–H groups in total. The van der Waals surface area contributed by atoms with E-state index >= 15 is 0 Å². The van der Waals surface area contributed by atoms with Gasteiger partial charge in [0.2, 0.25) is 0 Å². The summed E-state index contributed by atoms with van der Waals surface area (Å²) >= 11 is 0. The first-order valence-electron chi connectivity index (χ1n) is 5.62. The van der Waals surface area contributed by atoms with Crippen LogP contribution in [0.2, 0.25) is 0 Å². The summed E-state index contributed by atoms with van der Waals surface area (Å²) in [4.78, 5) is 0. The molecule has 0 aliphatic carbocycles. The van der Waals surface area contributed by atoms with Crippen LogP contribution in [0.3, 0.4) is 0 Å². The summed E-state index contributed by atoms with van der Waals surface area (Å²) in [6.45, 7) is 5.92. The third-order valence-electron chi connectivity index (χ3n) is 2.75. The minimum absolute atomic E-state index is 0.564. The number of hydrogen-bond donors (Lipinski definition) is 1. The summed E-state index contributed by atoms with van der Waals surface area (Å²) in [6, 6.07) is 9.92. The van der Waals surface area contributed by atoms with Crippen LogP contribution in [-0.4, -0.2) is 13.2 Å². The fraction of sp³-hybridized carbons (Fsp3) is 0.538. The van der Waals surface area contributed by atoms with Crippen LogP contribution in [-0.2, 0) is 0 Å². The molecule has 1 unspecified atom stereocenters. The van der Waals surface area contributed by atoms with Gasteiger partial charge in [0.05, 0.1) is 6.61 Å². The molecule has 0 radical (unpaired) electrons. The molecule has 0 fully saturated rings. The van der Waals surface area contributed by atoms with E-state index in [1.165, 1.54) is 0 Å². The maximum absolute atomic E-state index is 5.70. The molecule has 1 atom stereocenters. The van der Waals surface area contributed by atoms with Gasteiger partial charge in [0.15, 0.2) is 0 Å². The Morgan fingerprint density at radius 1 is 1.20 bits per heavy atom. The van der Waals surface area contributed by atoms with Crippen LogP contribution in [0.5, 0.6) is 5.75 Å². The van der Waals surface area contributed by atoms with Crippen LogP contribution in [0.4, 0.5) is 0 Å². The highest BCUT2D eigenvalue weighted by molar-refractivity contribution is 5.20. The maximum Gasteiger partial charge on any atom is 0.119 e. The van der Waals surface area contributed by atoms with Gasteiger partial charge in [-0.2, -0.15) is 0 Å². The molecule has 0 aliphatic heterocycles. The van der Waals surface area contributed by atoms with E-state index in [2.05, 4.69) is 13.8 Å². The molecule has 0 bridgehead atoms. The second-order valence-electron chi connectivity index (χ2n) is 4.19. The van der Waals surface area contributed by atoms with Gasteiger partial charge in [-0.1, -0.05) is 32.0 Å². The third kappa shape index (κ3) is 4.34. The van der Waals surface area contributed by atoms with E-state index in [1.807, 2.05) is 30.3 Å². The molecule has 0 saturated heterocycles. The van der Waals surface area contributed by atoms with Crippen LogP contribution in [0.1, 0.15) is 20.3 Å². The average molecular weight is 207 g/mol. The van der Waals surface area contributed by atoms with Gasteiger partial charge in [0.1, 0.15) is 5.75 Å². The lowest BCUT2D eigenvalue weighted by Crippen LogP contribution is -2.22. The zero-order chi connectivity index (χ0) is 11.1.